The first kappa shape index (κ1) is 13.8. The molecule has 1 aliphatic rings. The Kier molecular flexibility index (Phi) is 3.70. The molecule has 0 amide bonds. The van der Waals surface area contributed by atoms with Gasteiger partial charge >= 0.3 is 5.69 Å². The molecule has 0 bridgehead atoms. The van der Waals surface area contributed by atoms with Gasteiger partial charge in [0.2, 0.25) is 5.75 Å². The molecule has 1 heterocycles. The van der Waals surface area contributed by atoms with Crippen molar-refractivity contribution in [2.75, 3.05) is 13.6 Å². The SMILES string of the molecule is CNCC1CC(Oc2c([N+](=O)[O-])cnc3ccccc23)C1. The summed E-state index contributed by atoms with van der Waals surface area (Å²) in [6, 6.07) is 7.34. The Labute approximate surface area is 122 Å². The number of nitro groups is 1. The van der Waals surface area contributed by atoms with Crippen molar-refractivity contribution in [1.29, 1.82) is 0 Å². The highest BCUT2D eigenvalue weighted by molar-refractivity contribution is 5.88. The Bertz CT molecular complexity index is 668. The molecular weight excluding hydrogens is 270 g/mol. The highest BCUT2D eigenvalue weighted by Gasteiger charge is 2.32. The van der Waals surface area contributed by atoms with Crippen LogP contribution in [-0.4, -0.2) is 29.6 Å². The predicted molar refractivity (Wildman–Crippen MR) is 79.5 cm³/mol. The zero-order chi connectivity index (χ0) is 14.8. The van der Waals surface area contributed by atoms with Crippen LogP contribution in [0.1, 0.15) is 12.8 Å². The van der Waals surface area contributed by atoms with Crippen molar-refractivity contribution < 1.29 is 9.66 Å². The highest BCUT2D eigenvalue weighted by Crippen LogP contribution is 2.38. The molecule has 1 saturated carbocycles. The second kappa shape index (κ2) is 5.65. The Hall–Kier alpha value is -2.21. The number of aromatic nitrogens is 1. The summed E-state index contributed by atoms with van der Waals surface area (Å²) in [4.78, 5) is 14.9. The fraction of sp³-hybridized carbons (Fsp3) is 0.400. The molecule has 6 nitrogen and oxygen atoms in total. The van der Waals surface area contributed by atoms with E-state index in [1.54, 1.807) is 0 Å². The van der Waals surface area contributed by atoms with E-state index >= 15 is 0 Å². The maximum atomic E-state index is 11.2. The second-order valence-corrected chi connectivity index (χ2v) is 5.38. The van der Waals surface area contributed by atoms with Gasteiger partial charge in [0.15, 0.2) is 0 Å². The van der Waals surface area contributed by atoms with Crippen LogP contribution in [0.15, 0.2) is 30.5 Å². The molecule has 6 heteroatoms. The first-order chi connectivity index (χ1) is 10.2. The maximum absolute atomic E-state index is 11.2. The van der Waals surface area contributed by atoms with Crippen molar-refractivity contribution in [3.63, 3.8) is 0 Å². The topological polar surface area (TPSA) is 77.3 Å². The minimum atomic E-state index is -0.432. The molecule has 3 rings (SSSR count). The Morgan fingerprint density at radius 3 is 2.90 bits per heavy atom. The lowest BCUT2D eigenvalue weighted by Crippen LogP contribution is -2.38. The Morgan fingerprint density at radius 1 is 1.43 bits per heavy atom. The molecule has 1 aliphatic carbocycles. The van der Waals surface area contributed by atoms with Crippen LogP contribution in [0, 0.1) is 16.0 Å². The van der Waals surface area contributed by atoms with Crippen LogP contribution in [0.3, 0.4) is 0 Å². The van der Waals surface area contributed by atoms with Gasteiger partial charge < -0.3 is 10.1 Å². The number of pyridine rings is 1. The van der Waals surface area contributed by atoms with Gasteiger partial charge in [-0.3, -0.25) is 10.1 Å². The first-order valence-electron chi connectivity index (χ1n) is 7.02. The molecule has 110 valence electrons. The lowest BCUT2D eigenvalue weighted by Gasteiger charge is -2.35. The molecule has 0 spiro atoms. The van der Waals surface area contributed by atoms with E-state index in [0.717, 1.165) is 19.4 Å². The zero-order valence-corrected chi connectivity index (χ0v) is 11.8. The lowest BCUT2D eigenvalue weighted by atomic mass is 9.82. The largest absolute Gasteiger partial charge is 0.483 e. The van der Waals surface area contributed by atoms with Crippen molar-refractivity contribution in [3.05, 3.63) is 40.6 Å². The van der Waals surface area contributed by atoms with E-state index in [-0.39, 0.29) is 11.8 Å². The number of ether oxygens (including phenoxy) is 1. The average molecular weight is 287 g/mol. The summed E-state index contributed by atoms with van der Waals surface area (Å²) in [5, 5.41) is 15.0. The number of rotatable bonds is 5. The van der Waals surface area contributed by atoms with E-state index in [9.17, 15) is 10.1 Å². The monoisotopic (exact) mass is 287 g/mol. The number of para-hydroxylation sites is 1. The van der Waals surface area contributed by atoms with Gasteiger partial charge in [0, 0.05) is 5.39 Å². The first-order valence-corrected chi connectivity index (χ1v) is 7.02. The van der Waals surface area contributed by atoms with Crippen LogP contribution in [-0.2, 0) is 0 Å². The van der Waals surface area contributed by atoms with E-state index in [0.29, 0.717) is 22.6 Å². The minimum Gasteiger partial charge on any atom is -0.483 e. The number of hydrogen-bond donors (Lipinski definition) is 1. The summed E-state index contributed by atoms with van der Waals surface area (Å²) >= 11 is 0. The summed E-state index contributed by atoms with van der Waals surface area (Å²) in [6.45, 7) is 0.957. The molecule has 0 unspecified atom stereocenters. The minimum absolute atomic E-state index is 0.0489. The van der Waals surface area contributed by atoms with Crippen molar-refractivity contribution >= 4 is 16.6 Å². The normalized spacial score (nSPS) is 21.0. The highest BCUT2D eigenvalue weighted by atomic mass is 16.6. The molecule has 1 aromatic heterocycles. The van der Waals surface area contributed by atoms with E-state index in [1.807, 2.05) is 31.3 Å². The van der Waals surface area contributed by atoms with Crippen LogP contribution >= 0.6 is 0 Å². The third-order valence-corrected chi connectivity index (χ3v) is 3.87. The van der Waals surface area contributed by atoms with Crippen molar-refractivity contribution in [2.45, 2.75) is 18.9 Å². The summed E-state index contributed by atoms with van der Waals surface area (Å²) < 4.78 is 5.92. The van der Waals surface area contributed by atoms with Crippen LogP contribution in [0.4, 0.5) is 5.69 Å². The summed E-state index contributed by atoms with van der Waals surface area (Å²) in [5.74, 6) is 0.936. The second-order valence-electron chi connectivity index (χ2n) is 5.38. The number of nitrogens with one attached hydrogen (secondary N) is 1. The van der Waals surface area contributed by atoms with Gasteiger partial charge in [0.1, 0.15) is 6.20 Å². The third kappa shape index (κ3) is 2.67. The molecule has 2 aromatic rings. The van der Waals surface area contributed by atoms with Gasteiger partial charge in [0.05, 0.1) is 16.5 Å². The number of fused-ring (bicyclic) bond motifs is 1. The van der Waals surface area contributed by atoms with E-state index < -0.39 is 4.92 Å². The van der Waals surface area contributed by atoms with Gasteiger partial charge in [0.25, 0.3) is 0 Å². The standard InChI is InChI=1S/C15H17N3O3/c1-16-8-10-6-11(7-10)21-15-12-4-2-3-5-13(12)17-9-14(15)18(19)20/h2-5,9-11,16H,6-8H2,1H3. The molecule has 0 radical (unpaired) electrons. The molecule has 21 heavy (non-hydrogen) atoms. The molecule has 0 saturated heterocycles. The molecule has 0 aliphatic heterocycles. The maximum Gasteiger partial charge on any atom is 0.329 e. The van der Waals surface area contributed by atoms with Crippen molar-refractivity contribution in [2.24, 2.45) is 5.92 Å². The van der Waals surface area contributed by atoms with Crippen LogP contribution in [0.2, 0.25) is 0 Å². The quantitative estimate of drug-likeness (QED) is 0.675. The van der Waals surface area contributed by atoms with E-state index in [1.165, 1.54) is 6.20 Å². The fourth-order valence-electron chi connectivity index (χ4n) is 2.75. The van der Waals surface area contributed by atoms with Gasteiger partial charge in [-0.05, 0) is 44.5 Å². The summed E-state index contributed by atoms with van der Waals surface area (Å²) in [5.41, 5.74) is 0.648. The summed E-state index contributed by atoms with van der Waals surface area (Å²) in [7, 11) is 1.93. The van der Waals surface area contributed by atoms with Crippen LogP contribution in [0.5, 0.6) is 5.75 Å². The van der Waals surface area contributed by atoms with E-state index in [4.69, 9.17) is 4.74 Å². The van der Waals surface area contributed by atoms with Gasteiger partial charge in [-0.1, -0.05) is 12.1 Å². The van der Waals surface area contributed by atoms with Gasteiger partial charge in [-0.25, -0.2) is 4.98 Å². The molecule has 0 atom stereocenters. The van der Waals surface area contributed by atoms with Crippen molar-refractivity contribution in [1.82, 2.24) is 10.3 Å². The Balaban J connectivity index is 1.89. The molecule has 1 aromatic carbocycles. The predicted octanol–water partition coefficient (Wildman–Crippen LogP) is 2.52. The number of benzene rings is 1. The number of hydrogen-bond acceptors (Lipinski definition) is 5. The van der Waals surface area contributed by atoms with Crippen molar-refractivity contribution in [3.8, 4) is 5.75 Å². The average Bonchev–Trinajstić information content (AvgIpc) is 2.44. The number of nitrogens with zero attached hydrogens (tertiary/aromatic N) is 2. The summed E-state index contributed by atoms with van der Waals surface area (Å²) in [6.07, 6.45) is 3.18. The van der Waals surface area contributed by atoms with E-state index in [2.05, 4.69) is 10.3 Å². The van der Waals surface area contributed by atoms with Crippen LogP contribution < -0.4 is 10.1 Å². The van der Waals surface area contributed by atoms with Gasteiger partial charge in [-0.15, -0.1) is 0 Å². The van der Waals surface area contributed by atoms with Crippen LogP contribution in [0.25, 0.3) is 10.9 Å². The lowest BCUT2D eigenvalue weighted by molar-refractivity contribution is -0.386. The Morgan fingerprint density at radius 2 is 2.19 bits per heavy atom. The smallest absolute Gasteiger partial charge is 0.329 e. The van der Waals surface area contributed by atoms with Gasteiger partial charge in [-0.2, -0.15) is 0 Å². The third-order valence-electron chi connectivity index (χ3n) is 3.87. The fourth-order valence-corrected chi connectivity index (χ4v) is 2.75. The zero-order valence-electron chi connectivity index (χ0n) is 11.8. The molecule has 1 fully saturated rings. The molecule has 1 N–H and O–H groups in total. The molecular formula is C15H17N3O3.